The van der Waals surface area contributed by atoms with Gasteiger partial charge in [-0.15, -0.1) is 0 Å². The molecule has 0 radical (unpaired) electrons. The molecule has 2 unspecified atom stereocenters. The summed E-state index contributed by atoms with van der Waals surface area (Å²) >= 11 is 0. The Morgan fingerprint density at radius 1 is 1.15 bits per heavy atom. The number of halogens is 2. The minimum atomic E-state index is -2.97. The number of allylic oxidation sites excluding steroid dienone is 1. The summed E-state index contributed by atoms with van der Waals surface area (Å²) < 4.78 is 28.3. The molecule has 4 rings (SSSR count). The maximum atomic E-state index is 14.2. The predicted molar refractivity (Wildman–Crippen MR) is 107 cm³/mol. The van der Waals surface area contributed by atoms with Crippen LogP contribution in [0.5, 0.6) is 5.75 Å². The molecule has 2 saturated carbocycles. The molecule has 4 N–H and O–H groups in total. The van der Waals surface area contributed by atoms with Crippen molar-refractivity contribution in [2.24, 2.45) is 29.4 Å². The summed E-state index contributed by atoms with van der Waals surface area (Å²) in [7, 11) is 2.80. The van der Waals surface area contributed by atoms with E-state index < -0.39 is 93.7 Å². The number of aromatic hydroxyl groups is 1. The Morgan fingerprint density at radius 2 is 1.79 bits per heavy atom. The van der Waals surface area contributed by atoms with Crippen molar-refractivity contribution in [3.63, 3.8) is 0 Å². The van der Waals surface area contributed by atoms with E-state index in [0.717, 1.165) is 6.07 Å². The van der Waals surface area contributed by atoms with Crippen molar-refractivity contribution >= 4 is 34.6 Å². The summed E-state index contributed by atoms with van der Waals surface area (Å²) in [4.78, 5) is 66.0. The Kier molecular flexibility index (Phi) is 5.10. The smallest absolute Gasteiger partial charge is 0.274 e. The fraction of sp³-hybridized carbons (Fsp3) is 0.409. The minimum Gasteiger partial charge on any atom is -0.507 e. The molecular weight excluding hydrogens is 442 g/mol. The van der Waals surface area contributed by atoms with Crippen LogP contribution in [0, 0.1) is 23.7 Å². The highest BCUT2D eigenvalue weighted by atomic mass is 19.3. The molecule has 6 atom stereocenters. The van der Waals surface area contributed by atoms with Crippen molar-refractivity contribution in [3.8, 4) is 5.75 Å². The van der Waals surface area contributed by atoms with Gasteiger partial charge in [-0.2, -0.15) is 8.78 Å². The summed E-state index contributed by atoms with van der Waals surface area (Å²) in [6.07, 6.45) is -2.70. The number of phenols is 1. The van der Waals surface area contributed by atoms with Gasteiger partial charge in [0.1, 0.15) is 5.75 Å². The van der Waals surface area contributed by atoms with E-state index in [4.69, 9.17) is 5.73 Å². The van der Waals surface area contributed by atoms with Gasteiger partial charge in [-0.3, -0.25) is 28.9 Å². The molecule has 3 aliphatic carbocycles. The second kappa shape index (κ2) is 7.35. The van der Waals surface area contributed by atoms with Gasteiger partial charge in [-0.25, -0.2) is 0 Å². The topological polar surface area (TPSA) is 155 Å². The highest BCUT2D eigenvalue weighted by molar-refractivity contribution is 6.33. The van der Waals surface area contributed by atoms with Gasteiger partial charge in [-0.05, 0) is 32.1 Å². The largest absolute Gasteiger partial charge is 0.507 e. The summed E-state index contributed by atoms with van der Waals surface area (Å²) in [5.41, 5.74) is 0.787. The summed E-state index contributed by atoms with van der Waals surface area (Å²) in [5, 5.41) is 21.6. The molecule has 0 heterocycles. The number of ketones is 4. The number of nitrogens with two attached hydrogens (primary N) is 1. The first-order chi connectivity index (χ1) is 15.3. The number of rotatable bonds is 2. The monoisotopic (exact) mass is 462 g/mol. The molecule has 33 heavy (non-hydrogen) atoms. The van der Waals surface area contributed by atoms with Gasteiger partial charge in [-0.1, -0.05) is 12.1 Å². The van der Waals surface area contributed by atoms with E-state index in [0.29, 0.717) is 0 Å². The number of primary amides is 1. The van der Waals surface area contributed by atoms with E-state index in [-0.39, 0.29) is 5.56 Å². The fourth-order valence-corrected chi connectivity index (χ4v) is 5.65. The molecule has 2 fully saturated rings. The third kappa shape index (κ3) is 2.85. The van der Waals surface area contributed by atoms with E-state index >= 15 is 0 Å². The zero-order valence-corrected chi connectivity index (χ0v) is 17.5. The van der Waals surface area contributed by atoms with E-state index in [2.05, 4.69) is 0 Å². The van der Waals surface area contributed by atoms with Crippen LogP contribution < -0.4 is 5.73 Å². The Bertz CT molecular complexity index is 1170. The Morgan fingerprint density at radius 3 is 2.33 bits per heavy atom. The Hall–Kier alpha value is -3.31. The van der Waals surface area contributed by atoms with Crippen molar-refractivity contribution in [1.82, 2.24) is 4.90 Å². The maximum absolute atomic E-state index is 14.2. The quantitative estimate of drug-likeness (QED) is 0.516. The zero-order chi connectivity index (χ0) is 24.6. The van der Waals surface area contributed by atoms with Crippen LogP contribution >= 0.6 is 0 Å². The number of carbonyl (C=O) groups excluding carboxylic acids is 5. The lowest BCUT2D eigenvalue weighted by Crippen LogP contribution is -2.74. The van der Waals surface area contributed by atoms with Crippen LogP contribution in [0.15, 0.2) is 24.3 Å². The van der Waals surface area contributed by atoms with Crippen LogP contribution in [0.25, 0.3) is 5.57 Å². The highest BCUT2D eigenvalue weighted by Gasteiger charge is 2.70. The lowest BCUT2D eigenvalue weighted by Gasteiger charge is -2.52. The number of hydrogen-bond acceptors (Lipinski definition) is 8. The van der Waals surface area contributed by atoms with Crippen molar-refractivity contribution in [1.29, 1.82) is 0 Å². The summed E-state index contributed by atoms with van der Waals surface area (Å²) in [6, 6.07) is 2.18. The molecule has 1 aromatic carbocycles. The number of aliphatic hydroxyl groups is 1. The third-order valence-electron chi connectivity index (χ3n) is 6.98. The molecule has 0 aromatic heterocycles. The van der Waals surface area contributed by atoms with E-state index in [1.165, 1.54) is 31.1 Å². The van der Waals surface area contributed by atoms with Crippen LogP contribution in [0.2, 0.25) is 0 Å². The van der Waals surface area contributed by atoms with Crippen molar-refractivity contribution in [2.45, 2.75) is 18.1 Å². The summed E-state index contributed by atoms with van der Waals surface area (Å²) in [5.74, 6) is -13.9. The van der Waals surface area contributed by atoms with Gasteiger partial charge in [0.15, 0.2) is 34.7 Å². The second-order valence-electron chi connectivity index (χ2n) is 8.81. The molecule has 9 nitrogen and oxygen atoms in total. The first-order valence-electron chi connectivity index (χ1n) is 10.1. The van der Waals surface area contributed by atoms with Crippen molar-refractivity contribution in [2.75, 3.05) is 14.1 Å². The lowest BCUT2D eigenvalue weighted by molar-refractivity contribution is -0.180. The van der Waals surface area contributed by atoms with Gasteiger partial charge >= 0.3 is 0 Å². The van der Waals surface area contributed by atoms with Crippen molar-refractivity contribution < 1.29 is 43.0 Å². The number of benzene rings is 1. The van der Waals surface area contributed by atoms with E-state index in [1.54, 1.807) is 0 Å². The minimum absolute atomic E-state index is 0.260. The summed E-state index contributed by atoms with van der Waals surface area (Å²) in [6.45, 7) is 0. The molecule has 1 amide bonds. The first-order valence-corrected chi connectivity index (χ1v) is 10.1. The maximum Gasteiger partial charge on any atom is 0.274 e. The van der Waals surface area contributed by atoms with Gasteiger partial charge in [0.05, 0.1) is 17.5 Å². The number of likely N-dealkylation sites (N-methyl/N-ethyl adjacent to an activating group) is 1. The van der Waals surface area contributed by atoms with Gasteiger partial charge in [0.25, 0.3) is 6.08 Å². The first kappa shape index (κ1) is 22.9. The average Bonchev–Trinajstić information content (AvgIpc) is 2.70. The molecule has 0 spiro atoms. The van der Waals surface area contributed by atoms with Crippen LogP contribution in [0.1, 0.15) is 22.3 Å². The highest BCUT2D eigenvalue weighted by Crippen LogP contribution is 2.54. The SMILES string of the molecule is CN(C)[C@@H]1C(=O)C(C(N)=O)C(=O)[C@@]2(O)C(=O)C3C(=O)c4c(O)cccc4C(=C(F)F)[C@H]3C[C@@H]12. The number of carbonyl (C=O) groups is 5. The standard InChI is InChI=1S/C22H20F2N2O7/c1-26(2)15-9-6-8-11(20(23)24)7-4-3-5-10(27)12(7)16(28)13(8)18(30)22(9,33)19(31)14(17(15)29)21(25)32/h3-5,8-9,13-15,27,33H,6H2,1-2H3,(H2,25,32)/t8-,9+,13?,14?,15+,22+/m1/s1. The number of hydrogen-bond donors (Lipinski definition) is 3. The molecule has 0 bridgehead atoms. The molecule has 0 saturated heterocycles. The van der Waals surface area contributed by atoms with Crippen LogP contribution in [0.4, 0.5) is 8.78 Å². The lowest BCUT2D eigenvalue weighted by atomic mass is 9.51. The number of nitrogens with zero attached hydrogens (tertiary/aromatic N) is 1. The van der Waals surface area contributed by atoms with Crippen LogP contribution in [0.3, 0.4) is 0 Å². The Labute approximate surface area is 185 Å². The molecule has 3 aliphatic rings. The van der Waals surface area contributed by atoms with Crippen molar-refractivity contribution in [3.05, 3.63) is 35.4 Å². The third-order valence-corrected chi connectivity index (χ3v) is 6.98. The van der Waals surface area contributed by atoms with E-state index in [1.807, 2.05) is 0 Å². The number of fused-ring (bicyclic) bond motifs is 3. The molecular formula is C22H20F2N2O7. The number of amides is 1. The molecule has 174 valence electrons. The molecule has 1 aromatic rings. The number of Topliss-reactive ketones (excluding diaryl/α,β-unsaturated/α-hetero) is 4. The average molecular weight is 462 g/mol. The van der Waals surface area contributed by atoms with Crippen LogP contribution in [-0.2, 0) is 19.2 Å². The normalized spacial score (nSPS) is 33.5. The second-order valence-corrected chi connectivity index (χ2v) is 8.81. The fourth-order valence-electron chi connectivity index (χ4n) is 5.65. The Balaban J connectivity index is 1.98. The van der Waals surface area contributed by atoms with E-state index in [9.17, 15) is 43.0 Å². The number of phenolic OH excluding ortho intramolecular Hbond substituents is 1. The zero-order valence-electron chi connectivity index (χ0n) is 17.5. The molecule has 0 aliphatic heterocycles. The van der Waals surface area contributed by atoms with Gasteiger partial charge in [0.2, 0.25) is 5.91 Å². The van der Waals surface area contributed by atoms with Gasteiger partial charge in [0, 0.05) is 17.4 Å². The predicted octanol–water partition coefficient (Wildman–Crippen LogP) is -0.0679. The molecule has 11 heteroatoms. The van der Waals surface area contributed by atoms with Crippen LogP contribution in [-0.4, -0.2) is 69.9 Å². The van der Waals surface area contributed by atoms with Gasteiger partial charge < -0.3 is 15.9 Å².